The lowest BCUT2D eigenvalue weighted by Crippen LogP contribution is -2.16. The van der Waals surface area contributed by atoms with Gasteiger partial charge in [0.25, 0.3) is 5.69 Å². The van der Waals surface area contributed by atoms with E-state index in [-0.39, 0.29) is 21.3 Å². The molecule has 1 aliphatic carbocycles. The maximum atomic E-state index is 11.8. The van der Waals surface area contributed by atoms with Gasteiger partial charge in [0, 0.05) is 6.42 Å². The topological polar surface area (TPSA) is 103 Å². The molecule has 1 atom stereocenters. The zero-order valence-electron chi connectivity index (χ0n) is 9.33. The minimum absolute atomic E-state index is 0.0545. The smallest absolute Gasteiger partial charge is 0.299 e. The summed E-state index contributed by atoms with van der Waals surface area (Å²) in [5.41, 5.74) is -0.299. The van der Waals surface area contributed by atoms with Crippen LogP contribution in [0, 0.1) is 20.2 Å². The minimum Gasteiger partial charge on any atom is -0.299 e. The largest absolute Gasteiger partial charge is 0.331 e. The van der Waals surface area contributed by atoms with Gasteiger partial charge >= 0.3 is 5.00 Å². The molecule has 0 aromatic carbocycles. The molecule has 1 aromatic heterocycles. The van der Waals surface area contributed by atoms with Crippen LogP contribution in [0.4, 0.5) is 10.7 Å². The summed E-state index contributed by atoms with van der Waals surface area (Å²) in [6.07, 6.45) is 2.54. The van der Waals surface area contributed by atoms with Gasteiger partial charge in [-0.05, 0) is 12.8 Å². The van der Waals surface area contributed by atoms with Crippen molar-refractivity contribution in [2.75, 3.05) is 0 Å². The van der Waals surface area contributed by atoms with Crippen molar-refractivity contribution in [1.29, 1.82) is 0 Å². The second-order valence-electron chi connectivity index (χ2n) is 4.11. The fourth-order valence-corrected chi connectivity index (χ4v) is 3.22. The average molecular weight is 270 g/mol. The van der Waals surface area contributed by atoms with Crippen molar-refractivity contribution >= 4 is 27.8 Å². The SMILES string of the molecule is O=C1CCCCC1c1sc([N+](=O)[O-])cc1[N+](=O)[O-]. The van der Waals surface area contributed by atoms with Crippen molar-refractivity contribution < 1.29 is 14.6 Å². The number of hydrogen-bond donors (Lipinski definition) is 0. The number of nitrogens with zero attached hydrogens (tertiary/aromatic N) is 2. The highest BCUT2D eigenvalue weighted by atomic mass is 32.1. The molecule has 0 radical (unpaired) electrons. The van der Waals surface area contributed by atoms with Crippen LogP contribution in [-0.2, 0) is 4.79 Å². The molecule has 1 heterocycles. The molecule has 0 spiro atoms. The summed E-state index contributed by atoms with van der Waals surface area (Å²) in [5.74, 6) is -0.598. The molecule has 1 unspecified atom stereocenters. The van der Waals surface area contributed by atoms with E-state index >= 15 is 0 Å². The third kappa shape index (κ3) is 2.23. The van der Waals surface area contributed by atoms with Crippen molar-refractivity contribution in [2.24, 2.45) is 0 Å². The number of carbonyl (C=O) groups excluding carboxylic acids is 1. The van der Waals surface area contributed by atoms with Crippen LogP contribution in [0.1, 0.15) is 36.5 Å². The predicted molar refractivity (Wildman–Crippen MR) is 63.8 cm³/mol. The number of nitro groups is 2. The lowest BCUT2D eigenvalue weighted by atomic mass is 9.86. The van der Waals surface area contributed by atoms with Gasteiger partial charge in [-0.15, -0.1) is 0 Å². The average Bonchev–Trinajstić information content (AvgIpc) is 2.74. The van der Waals surface area contributed by atoms with E-state index in [9.17, 15) is 25.0 Å². The summed E-state index contributed by atoms with van der Waals surface area (Å²) in [7, 11) is 0. The number of hydrogen-bond acceptors (Lipinski definition) is 6. The first kappa shape index (κ1) is 12.6. The van der Waals surface area contributed by atoms with E-state index in [0.717, 1.165) is 30.2 Å². The van der Waals surface area contributed by atoms with Crippen molar-refractivity contribution in [1.82, 2.24) is 0 Å². The second-order valence-corrected chi connectivity index (χ2v) is 5.18. The van der Waals surface area contributed by atoms with E-state index in [2.05, 4.69) is 0 Å². The Balaban J connectivity index is 2.44. The molecular formula is C10H10N2O5S. The van der Waals surface area contributed by atoms with Gasteiger partial charge in [0.1, 0.15) is 11.8 Å². The second kappa shape index (κ2) is 4.81. The van der Waals surface area contributed by atoms with Gasteiger partial charge in [-0.3, -0.25) is 25.0 Å². The Bertz CT molecular complexity index is 524. The molecule has 0 saturated heterocycles. The van der Waals surface area contributed by atoms with Gasteiger partial charge in [0.2, 0.25) is 0 Å². The first-order chi connectivity index (χ1) is 8.50. The normalized spacial score (nSPS) is 19.8. The molecule has 0 bridgehead atoms. The monoisotopic (exact) mass is 270 g/mol. The first-order valence-electron chi connectivity index (χ1n) is 5.46. The van der Waals surface area contributed by atoms with E-state index in [0.29, 0.717) is 12.8 Å². The quantitative estimate of drug-likeness (QED) is 0.620. The Morgan fingerprint density at radius 1 is 1.22 bits per heavy atom. The number of Topliss-reactive ketones (excluding diaryl/α,β-unsaturated/α-hetero) is 1. The minimum atomic E-state index is -0.658. The molecule has 0 N–H and O–H groups in total. The van der Waals surface area contributed by atoms with E-state index < -0.39 is 15.8 Å². The summed E-state index contributed by atoms with van der Waals surface area (Å²) < 4.78 is 0. The molecule has 0 aliphatic heterocycles. The summed E-state index contributed by atoms with van der Waals surface area (Å²) in [5, 5.41) is 21.3. The van der Waals surface area contributed by atoms with Gasteiger partial charge in [-0.1, -0.05) is 17.8 Å². The van der Waals surface area contributed by atoms with Crippen molar-refractivity contribution in [3.63, 3.8) is 0 Å². The number of carbonyl (C=O) groups is 1. The van der Waals surface area contributed by atoms with Crippen LogP contribution < -0.4 is 0 Å². The third-order valence-corrected chi connectivity index (χ3v) is 4.16. The van der Waals surface area contributed by atoms with E-state index in [1.807, 2.05) is 0 Å². The Morgan fingerprint density at radius 3 is 2.50 bits per heavy atom. The summed E-state index contributed by atoms with van der Waals surface area (Å²) in [6, 6.07) is 0.946. The van der Waals surface area contributed by atoms with Crippen LogP contribution in [0.2, 0.25) is 0 Å². The Labute approximate surface area is 106 Å². The van der Waals surface area contributed by atoms with Crippen LogP contribution in [0.25, 0.3) is 0 Å². The molecule has 1 saturated carbocycles. The number of thiophene rings is 1. The number of ketones is 1. The molecule has 2 rings (SSSR count). The lowest BCUT2D eigenvalue weighted by Gasteiger charge is -2.18. The van der Waals surface area contributed by atoms with Gasteiger partial charge in [-0.2, -0.15) is 0 Å². The van der Waals surface area contributed by atoms with Gasteiger partial charge in [0.15, 0.2) is 0 Å². The van der Waals surface area contributed by atoms with Crippen molar-refractivity contribution in [2.45, 2.75) is 31.6 Å². The van der Waals surface area contributed by atoms with Crippen molar-refractivity contribution in [3.8, 4) is 0 Å². The molecule has 1 aliphatic rings. The molecule has 7 nitrogen and oxygen atoms in total. The van der Waals surface area contributed by atoms with Crippen LogP contribution in [0.3, 0.4) is 0 Å². The summed E-state index contributed by atoms with van der Waals surface area (Å²) in [6.45, 7) is 0. The van der Waals surface area contributed by atoms with Crippen LogP contribution >= 0.6 is 11.3 Å². The van der Waals surface area contributed by atoms with E-state index in [1.54, 1.807) is 0 Å². The van der Waals surface area contributed by atoms with Crippen LogP contribution in [0.15, 0.2) is 6.07 Å². The summed E-state index contributed by atoms with van der Waals surface area (Å²) in [4.78, 5) is 32.2. The number of rotatable bonds is 3. The lowest BCUT2D eigenvalue weighted by molar-refractivity contribution is -0.390. The van der Waals surface area contributed by atoms with Gasteiger partial charge in [-0.25, -0.2) is 0 Å². The summed E-state index contributed by atoms with van der Waals surface area (Å²) >= 11 is 0.745. The molecule has 1 aromatic rings. The highest BCUT2D eigenvalue weighted by Crippen LogP contribution is 2.43. The Morgan fingerprint density at radius 2 is 1.94 bits per heavy atom. The zero-order chi connectivity index (χ0) is 13.3. The third-order valence-electron chi connectivity index (χ3n) is 2.97. The standard InChI is InChI=1S/C10H10N2O5S/c13-8-4-2-1-3-6(8)10-7(11(14)15)5-9(18-10)12(16)17/h5-6H,1-4H2. The molecule has 96 valence electrons. The predicted octanol–water partition coefficient (Wildman–Crippen LogP) is 2.79. The highest BCUT2D eigenvalue weighted by Gasteiger charge is 2.34. The highest BCUT2D eigenvalue weighted by molar-refractivity contribution is 7.16. The van der Waals surface area contributed by atoms with Gasteiger partial charge in [0.05, 0.1) is 20.6 Å². The fourth-order valence-electron chi connectivity index (χ4n) is 2.13. The fraction of sp³-hybridized carbons (Fsp3) is 0.500. The van der Waals surface area contributed by atoms with E-state index in [4.69, 9.17) is 0 Å². The maximum Gasteiger partial charge on any atom is 0.331 e. The van der Waals surface area contributed by atoms with Gasteiger partial charge < -0.3 is 0 Å². The molecule has 8 heteroatoms. The first-order valence-corrected chi connectivity index (χ1v) is 6.27. The van der Waals surface area contributed by atoms with Crippen LogP contribution in [0.5, 0.6) is 0 Å². The maximum absolute atomic E-state index is 11.8. The molecule has 18 heavy (non-hydrogen) atoms. The van der Waals surface area contributed by atoms with Crippen molar-refractivity contribution in [3.05, 3.63) is 31.2 Å². The Kier molecular flexibility index (Phi) is 3.37. The molecule has 0 amide bonds. The van der Waals surface area contributed by atoms with E-state index in [1.165, 1.54) is 0 Å². The van der Waals surface area contributed by atoms with Crippen LogP contribution in [-0.4, -0.2) is 15.6 Å². The molecule has 1 fully saturated rings. The molecular weight excluding hydrogens is 260 g/mol. The zero-order valence-corrected chi connectivity index (χ0v) is 10.1. The Hall–Kier alpha value is -1.83.